The van der Waals surface area contributed by atoms with Gasteiger partial charge in [0.05, 0.1) is 24.0 Å². The van der Waals surface area contributed by atoms with E-state index in [1.54, 1.807) is 18.2 Å². The normalized spacial score (nSPS) is 12.9. The fraction of sp³-hybridized carbons (Fsp3) is 0. The minimum absolute atomic E-state index is 0.0836. The van der Waals surface area contributed by atoms with Crippen LogP contribution in [0.3, 0.4) is 0 Å². The summed E-state index contributed by atoms with van der Waals surface area (Å²) in [5.41, 5.74) is 1.92. The number of nitrogens with zero attached hydrogens (tertiary/aromatic N) is 6. The summed E-state index contributed by atoms with van der Waals surface area (Å²) >= 11 is 3.41. The SMILES string of the molecule is [C-]#[N+]/C(C#N)=C1/c2nc(C#N)c(C#N)nc2-c2cccc(Br)c21. The van der Waals surface area contributed by atoms with Gasteiger partial charge in [-0.3, -0.25) is 0 Å². The fourth-order valence-electron chi connectivity index (χ4n) is 2.41. The zero-order valence-electron chi connectivity index (χ0n) is 11.3. The van der Waals surface area contributed by atoms with Crippen LogP contribution in [0.5, 0.6) is 0 Å². The van der Waals surface area contributed by atoms with Crippen molar-refractivity contribution in [3.8, 4) is 29.5 Å². The second-order valence-corrected chi connectivity index (χ2v) is 5.31. The first-order valence-corrected chi connectivity index (χ1v) is 6.99. The molecule has 0 saturated carbocycles. The molecule has 2 aromatic rings. The van der Waals surface area contributed by atoms with Gasteiger partial charge in [0.2, 0.25) is 0 Å². The highest BCUT2D eigenvalue weighted by atomic mass is 79.9. The Bertz CT molecular complexity index is 1050. The topological polar surface area (TPSA) is 102 Å². The van der Waals surface area contributed by atoms with Crippen molar-refractivity contribution < 1.29 is 0 Å². The Hall–Kier alpha value is -3.52. The summed E-state index contributed by atoms with van der Waals surface area (Å²) in [7, 11) is 0. The third kappa shape index (κ3) is 1.97. The summed E-state index contributed by atoms with van der Waals surface area (Å²) in [6.45, 7) is 7.22. The molecule has 0 radical (unpaired) electrons. The van der Waals surface area contributed by atoms with Gasteiger partial charge in [-0.1, -0.05) is 28.1 Å². The first-order valence-electron chi connectivity index (χ1n) is 6.20. The number of benzene rings is 1. The van der Waals surface area contributed by atoms with E-state index in [9.17, 15) is 5.26 Å². The van der Waals surface area contributed by atoms with E-state index >= 15 is 0 Å². The molecule has 0 bridgehead atoms. The van der Waals surface area contributed by atoms with Crippen molar-refractivity contribution in [1.29, 1.82) is 15.8 Å². The Morgan fingerprint density at radius 3 is 2.30 bits per heavy atom. The average Bonchev–Trinajstić information content (AvgIpc) is 2.90. The molecule has 0 unspecified atom stereocenters. The maximum atomic E-state index is 9.25. The third-order valence-corrected chi connectivity index (χ3v) is 3.98. The molecule has 1 aliphatic carbocycles. The molecule has 1 aromatic carbocycles. The molecule has 0 saturated heterocycles. The average molecular weight is 359 g/mol. The first kappa shape index (κ1) is 14.4. The highest BCUT2D eigenvalue weighted by molar-refractivity contribution is 9.10. The molecule has 1 aromatic heterocycles. The van der Waals surface area contributed by atoms with Crippen molar-refractivity contribution in [2.75, 3.05) is 0 Å². The zero-order chi connectivity index (χ0) is 16.6. The lowest BCUT2D eigenvalue weighted by Crippen LogP contribution is -2.00. The molecule has 0 aliphatic heterocycles. The molecule has 3 rings (SSSR count). The van der Waals surface area contributed by atoms with E-state index in [1.807, 2.05) is 18.2 Å². The summed E-state index contributed by atoms with van der Waals surface area (Å²) in [5.74, 6) is 0. The Labute approximate surface area is 139 Å². The lowest BCUT2D eigenvalue weighted by molar-refractivity contribution is 1.12. The van der Waals surface area contributed by atoms with E-state index in [4.69, 9.17) is 17.1 Å². The van der Waals surface area contributed by atoms with Crippen molar-refractivity contribution in [2.45, 2.75) is 0 Å². The molecule has 104 valence electrons. The number of hydrogen-bond acceptors (Lipinski definition) is 5. The lowest BCUT2D eigenvalue weighted by Gasteiger charge is -2.04. The van der Waals surface area contributed by atoms with Crippen LogP contribution in [-0.2, 0) is 0 Å². The maximum absolute atomic E-state index is 9.25. The standard InChI is InChI=1S/C16H3BrN6/c1-21-12(7-20)14-13-8(3-2-4-9(13)17)15-16(14)23-11(6-19)10(5-18)22-15/h2-4H/b14-12+. The van der Waals surface area contributed by atoms with Crippen LogP contribution >= 0.6 is 15.9 Å². The maximum Gasteiger partial charge on any atom is 0.271 e. The van der Waals surface area contributed by atoms with Crippen LogP contribution in [0.15, 0.2) is 28.4 Å². The Morgan fingerprint density at radius 2 is 1.74 bits per heavy atom. The minimum Gasteiger partial charge on any atom is -0.233 e. The van der Waals surface area contributed by atoms with E-state index in [1.165, 1.54) is 0 Å². The Morgan fingerprint density at radius 1 is 1.09 bits per heavy atom. The number of halogens is 1. The van der Waals surface area contributed by atoms with Crippen LogP contribution in [0.4, 0.5) is 0 Å². The quantitative estimate of drug-likeness (QED) is 0.453. The van der Waals surface area contributed by atoms with Gasteiger partial charge < -0.3 is 0 Å². The number of aromatic nitrogens is 2. The Kier molecular flexibility index (Phi) is 3.36. The van der Waals surface area contributed by atoms with Crippen LogP contribution < -0.4 is 0 Å². The van der Waals surface area contributed by atoms with Crippen LogP contribution in [0.25, 0.3) is 21.7 Å². The van der Waals surface area contributed by atoms with Gasteiger partial charge in [-0.25, -0.2) is 20.1 Å². The molecule has 0 amide bonds. The molecule has 23 heavy (non-hydrogen) atoms. The molecule has 0 atom stereocenters. The summed E-state index contributed by atoms with van der Waals surface area (Å²) in [6.07, 6.45) is 0. The number of nitriles is 3. The fourth-order valence-corrected chi connectivity index (χ4v) is 2.98. The summed E-state index contributed by atoms with van der Waals surface area (Å²) < 4.78 is 0.679. The van der Waals surface area contributed by atoms with E-state index < -0.39 is 0 Å². The molecular weight excluding hydrogens is 356 g/mol. The van der Waals surface area contributed by atoms with Gasteiger partial charge in [-0.05, 0) is 11.6 Å². The highest BCUT2D eigenvalue weighted by Gasteiger charge is 2.32. The van der Waals surface area contributed by atoms with E-state index in [2.05, 4.69) is 30.7 Å². The number of hydrogen-bond donors (Lipinski definition) is 0. The zero-order valence-corrected chi connectivity index (χ0v) is 12.9. The Balaban J connectivity index is 2.54. The van der Waals surface area contributed by atoms with E-state index in [-0.39, 0.29) is 22.8 Å². The van der Waals surface area contributed by atoms with Crippen molar-refractivity contribution in [2.24, 2.45) is 0 Å². The molecule has 1 heterocycles. The number of rotatable bonds is 0. The van der Waals surface area contributed by atoms with Gasteiger partial charge >= 0.3 is 0 Å². The molecule has 6 nitrogen and oxygen atoms in total. The van der Waals surface area contributed by atoms with Crippen molar-refractivity contribution in [1.82, 2.24) is 9.97 Å². The first-order chi connectivity index (χ1) is 11.2. The molecule has 0 fully saturated rings. The summed E-state index contributed by atoms with van der Waals surface area (Å²) in [6, 6.07) is 10.9. The summed E-state index contributed by atoms with van der Waals surface area (Å²) in [5, 5.41) is 27.5. The predicted octanol–water partition coefficient (Wildman–Crippen LogP) is 3.17. The second kappa shape index (κ2) is 5.35. The van der Waals surface area contributed by atoms with Gasteiger partial charge in [0.1, 0.15) is 12.1 Å². The van der Waals surface area contributed by atoms with Crippen LogP contribution in [-0.4, -0.2) is 9.97 Å². The van der Waals surface area contributed by atoms with E-state index in [0.717, 1.165) is 0 Å². The highest BCUT2D eigenvalue weighted by Crippen LogP contribution is 2.47. The monoisotopic (exact) mass is 358 g/mol. The van der Waals surface area contributed by atoms with Gasteiger partial charge in [0.15, 0.2) is 11.4 Å². The van der Waals surface area contributed by atoms with Gasteiger partial charge in [0, 0.05) is 15.6 Å². The minimum atomic E-state index is -0.139. The van der Waals surface area contributed by atoms with Crippen LogP contribution in [0, 0.1) is 40.6 Å². The van der Waals surface area contributed by atoms with Gasteiger partial charge in [-0.2, -0.15) is 10.5 Å². The number of allylic oxidation sites excluding steroid dienone is 1. The van der Waals surface area contributed by atoms with Crippen molar-refractivity contribution >= 4 is 21.5 Å². The molecule has 1 aliphatic rings. The summed E-state index contributed by atoms with van der Waals surface area (Å²) in [4.78, 5) is 11.6. The van der Waals surface area contributed by atoms with Crippen LogP contribution in [0.2, 0.25) is 0 Å². The van der Waals surface area contributed by atoms with Gasteiger partial charge in [0.25, 0.3) is 5.70 Å². The molecule has 7 heteroatoms. The van der Waals surface area contributed by atoms with Gasteiger partial charge in [-0.15, -0.1) is 0 Å². The lowest BCUT2D eigenvalue weighted by atomic mass is 10.0. The largest absolute Gasteiger partial charge is 0.271 e. The smallest absolute Gasteiger partial charge is 0.233 e. The third-order valence-electron chi connectivity index (χ3n) is 3.32. The number of fused-ring (bicyclic) bond motifs is 3. The second-order valence-electron chi connectivity index (χ2n) is 4.45. The van der Waals surface area contributed by atoms with E-state index in [0.29, 0.717) is 26.9 Å². The molecule has 0 spiro atoms. The molecular formula is C16H3BrN6. The van der Waals surface area contributed by atoms with Crippen molar-refractivity contribution in [3.63, 3.8) is 0 Å². The predicted molar refractivity (Wildman–Crippen MR) is 82.8 cm³/mol. The van der Waals surface area contributed by atoms with Crippen LogP contribution in [0.1, 0.15) is 22.6 Å². The van der Waals surface area contributed by atoms with Crippen molar-refractivity contribution in [3.05, 3.63) is 62.4 Å². The molecule has 0 N–H and O–H groups in total.